The lowest BCUT2D eigenvalue weighted by atomic mass is 10.1. The van der Waals surface area contributed by atoms with Crippen molar-refractivity contribution in [3.8, 4) is 0 Å². The van der Waals surface area contributed by atoms with Gasteiger partial charge in [0.25, 0.3) is 0 Å². The summed E-state index contributed by atoms with van der Waals surface area (Å²) in [4.78, 5) is 14.6. The molecular formula is C18H23N3O2. The third-order valence-corrected chi connectivity index (χ3v) is 4.08. The van der Waals surface area contributed by atoms with Crippen LogP contribution in [0.15, 0.2) is 34.9 Å². The Balaban J connectivity index is 1.57. The summed E-state index contributed by atoms with van der Waals surface area (Å²) in [6, 6.07) is 9.87. The van der Waals surface area contributed by atoms with Crippen molar-refractivity contribution in [2.75, 3.05) is 18.4 Å². The lowest BCUT2D eigenvalue weighted by molar-refractivity contribution is -0.115. The quantitative estimate of drug-likeness (QED) is 0.921. The Morgan fingerprint density at radius 1 is 1.26 bits per heavy atom. The van der Waals surface area contributed by atoms with Crippen LogP contribution in [0, 0.1) is 6.92 Å². The monoisotopic (exact) mass is 313 g/mol. The fourth-order valence-corrected chi connectivity index (χ4v) is 2.99. The molecule has 23 heavy (non-hydrogen) atoms. The van der Waals surface area contributed by atoms with Gasteiger partial charge in [0.1, 0.15) is 5.76 Å². The number of rotatable bonds is 5. The molecule has 122 valence electrons. The van der Waals surface area contributed by atoms with Crippen molar-refractivity contribution >= 4 is 11.6 Å². The number of aryl methyl sites for hydroxylation is 1. The average Bonchev–Trinajstić information content (AvgIpc) is 2.93. The Morgan fingerprint density at radius 3 is 2.83 bits per heavy atom. The number of carbonyl (C=O) groups is 1. The molecule has 1 saturated heterocycles. The molecule has 1 aromatic heterocycles. The fourth-order valence-electron chi connectivity index (χ4n) is 2.99. The Labute approximate surface area is 136 Å². The number of nitrogens with zero attached hydrogens (tertiary/aromatic N) is 2. The normalized spacial score (nSPS) is 15.5. The van der Waals surface area contributed by atoms with Crippen LogP contribution in [0.5, 0.6) is 0 Å². The van der Waals surface area contributed by atoms with Gasteiger partial charge < -0.3 is 9.84 Å². The van der Waals surface area contributed by atoms with Gasteiger partial charge in [-0.2, -0.15) is 0 Å². The summed E-state index contributed by atoms with van der Waals surface area (Å²) in [7, 11) is 0. The van der Waals surface area contributed by atoms with Crippen molar-refractivity contribution in [3.63, 3.8) is 0 Å². The minimum absolute atomic E-state index is 0.0868. The van der Waals surface area contributed by atoms with Crippen LogP contribution in [0.4, 0.5) is 5.69 Å². The van der Waals surface area contributed by atoms with Gasteiger partial charge in [-0.25, -0.2) is 0 Å². The molecule has 3 rings (SSSR count). The highest BCUT2D eigenvalue weighted by atomic mass is 16.5. The summed E-state index contributed by atoms with van der Waals surface area (Å²) in [5.74, 6) is 0.501. The van der Waals surface area contributed by atoms with E-state index in [1.807, 2.05) is 19.1 Å². The van der Waals surface area contributed by atoms with Crippen molar-refractivity contribution in [1.29, 1.82) is 0 Å². The first-order valence-electron chi connectivity index (χ1n) is 8.22. The lowest BCUT2D eigenvalue weighted by Crippen LogP contribution is -2.29. The van der Waals surface area contributed by atoms with E-state index in [0.717, 1.165) is 17.9 Å². The number of nitrogens with one attached hydrogen (secondary N) is 1. The van der Waals surface area contributed by atoms with E-state index in [-0.39, 0.29) is 12.3 Å². The SMILES string of the molecule is Cc1cc(CC(=O)Nc2cccc(CN3CCCCC3)c2)on1. The largest absolute Gasteiger partial charge is 0.361 e. The molecule has 0 aliphatic carbocycles. The van der Waals surface area contributed by atoms with Crippen LogP contribution in [0.2, 0.25) is 0 Å². The van der Waals surface area contributed by atoms with Gasteiger partial charge in [-0.1, -0.05) is 23.7 Å². The Kier molecular flexibility index (Phi) is 5.08. The molecule has 1 aromatic carbocycles. The van der Waals surface area contributed by atoms with Crippen LogP contribution in [0.3, 0.4) is 0 Å². The zero-order valence-corrected chi connectivity index (χ0v) is 13.5. The molecule has 5 nitrogen and oxygen atoms in total. The van der Waals surface area contributed by atoms with Crippen molar-refractivity contribution in [3.05, 3.63) is 47.3 Å². The number of benzene rings is 1. The first kappa shape index (κ1) is 15.7. The highest BCUT2D eigenvalue weighted by Crippen LogP contribution is 2.16. The summed E-state index contributed by atoms with van der Waals surface area (Å²) < 4.78 is 5.08. The van der Waals surface area contributed by atoms with Crippen LogP contribution in [0.1, 0.15) is 36.3 Å². The maximum absolute atomic E-state index is 12.1. The molecule has 1 aliphatic rings. The number of piperidine rings is 1. The predicted octanol–water partition coefficient (Wildman–Crippen LogP) is 3.15. The van der Waals surface area contributed by atoms with E-state index >= 15 is 0 Å². The van der Waals surface area contributed by atoms with Gasteiger partial charge in [-0.15, -0.1) is 0 Å². The molecule has 1 fully saturated rings. The van der Waals surface area contributed by atoms with Crippen molar-refractivity contribution in [1.82, 2.24) is 10.1 Å². The molecule has 0 spiro atoms. The molecule has 0 unspecified atom stereocenters. The summed E-state index contributed by atoms with van der Waals surface area (Å²) in [5, 5.41) is 6.73. The molecule has 1 aliphatic heterocycles. The molecule has 0 saturated carbocycles. The fraction of sp³-hybridized carbons (Fsp3) is 0.444. The van der Waals surface area contributed by atoms with Crippen LogP contribution in [-0.4, -0.2) is 29.1 Å². The Morgan fingerprint density at radius 2 is 2.09 bits per heavy atom. The van der Waals surface area contributed by atoms with E-state index in [1.54, 1.807) is 6.07 Å². The van der Waals surface area contributed by atoms with Gasteiger partial charge in [0.15, 0.2) is 0 Å². The van der Waals surface area contributed by atoms with Gasteiger partial charge in [-0.3, -0.25) is 9.69 Å². The van der Waals surface area contributed by atoms with Crippen LogP contribution in [0.25, 0.3) is 0 Å². The number of amides is 1. The van der Waals surface area contributed by atoms with Crippen LogP contribution in [-0.2, 0) is 17.8 Å². The minimum Gasteiger partial charge on any atom is -0.361 e. The second-order valence-electron chi connectivity index (χ2n) is 6.20. The van der Waals surface area contributed by atoms with Gasteiger partial charge >= 0.3 is 0 Å². The molecule has 5 heteroatoms. The van der Waals surface area contributed by atoms with E-state index < -0.39 is 0 Å². The highest BCUT2D eigenvalue weighted by molar-refractivity contribution is 5.91. The minimum atomic E-state index is -0.0868. The molecule has 0 atom stereocenters. The van der Waals surface area contributed by atoms with Gasteiger partial charge in [0.05, 0.1) is 12.1 Å². The van der Waals surface area contributed by atoms with Crippen molar-refractivity contribution in [2.45, 2.75) is 39.2 Å². The van der Waals surface area contributed by atoms with E-state index in [0.29, 0.717) is 5.76 Å². The third-order valence-electron chi connectivity index (χ3n) is 4.08. The van der Waals surface area contributed by atoms with Crippen molar-refractivity contribution in [2.24, 2.45) is 0 Å². The number of aromatic nitrogens is 1. The van der Waals surface area contributed by atoms with Gasteiger partial charge in [0, 0.05) is 18.3 Å². The smallest absolute Gasteiger partial charge is 0.232 e. The van der Waals surface area contributed by atoms with Crippen LogP contribution >= 0.6 is 0 Å². The maximum Gasteiger partial charge on any atom is 0.232 e. The highest BCUT2D eigenvalue weighted by Gasteiger charge is 2.12. The summed E-state index contributed by atoms with van der Waals surface area (Å²) in [6.07, 6.45) is 4.12. The van der Waals surface area contributed by atoms with Crippen molar-refractivity contribution < 1.29 is 9.32 Å². The topological polar surface area (TPSA) is 58.4 Å². The number of hydrogen-bond acceptors (Lipinski definition) is 4. The standard InChI is InChI=1S/C18H23N3O2/c1-14-10-17(23-20-14)12-18(22)19-16-7-5-6-15(11-16)13-21-8-3-2-4-9-21/h5-7,10-11H,2-4,8-9,12-13H2,1H3,(H,19,22). The lowest BCUT2D eigenvalue weighted by Gasteiger charge is -2.26. The Bertz CT molecular complexity index is 660. The first-order valence-corrected chi connectivity index (χ1v) is 8.22. The number of likely N-dealkylation sites (tertiary alicyclic amines) is 1. The van der Waals surface area contributed by atoms with E-state index in [4.69, 9.17) is 4.52 Å². The second kappa shape index (κ2) is 7.42. The average molecular weight is 313 g/mol. The van der Waals surface area contributed by atoms with Gasteiger partial charge in [0.2, 0.25) is 5.91 Å². The first-order chi connectivity index (χ1) is 11.2. The maximum atomic E-state index is 12.1. The molecule has 0 bridgehead atoms. The zero-order valence-electron chi connectivity index (χ0n) is 13.5. The van der Waals surface area contributed by atoms with E-state index in [1.165, 1.54) is 37.9 Å². The van der Waals surface area contributed by atoms with Crippen LogP contribution < -0.4 is 5.32 Å². The second-order valence-corrected chi connectivity index (χ2v) is 6.20. The molecule has 2 aromatic rings. The molecular weight excluding hydrogens is 290 g/mol. The molecule has 1 amide bonds. The summed E-state index contributed by atoms with van der Waals surface area (Å²) >= 11 is 0. The van der Waals surface area contributed by atoms with E-state index in [2.05, 4.69) is 27.5 Å². The number of carbonyl (C=O) groups excluding carboxylic acids is 1. The number of anilines is 1. The molecule has 2 heterocycles. The van der Waals surface area contributed by atoms with E-state index in [9.17, 15) is 4.79 Å². The third kappa shape index (κ3) is 4.66. The summed E-state index contributed by atoms with van der Waals surface area (Å²) in [6.45, 7) is 5.13. The predicted molar refractivity (Wildman–Crippen MR) is 89.1 cm³/mol. The number of hydrogen-bond donors (Lipinski definition) is 1. The molecule has 1 N–H and O–H groups in total. The molecule has 0 radical (unpaired) electrons. The van der Waals surface area contributed by atoms with Gasteiger partial charge in [-0.05, 0) is 50.6 Å². The zero-order chi connectivity index (χ0) is 16.1. The summed E-state index contributed by atoms with van der Waals surface area (Å²) in [5.41, 5.74) is 2.86. The Hall–Kier alpha value is -2.14.